The van der Waals surface area contributed by atoms with E-state index in [9.17, 15) is 4.79 Å². The van der Waals surface area contributed by atoms with Crippen LogP contribution in [-0.4, -0.2) is 18.5 Å². The third-order valence-corrected chi connectivity index (χ3v) is 2.63. The minimum absolute atomic E-state index is 0.115. The maximum Gasteiger partial charge on any atom is 0.220 e. The summed E-state index contributed by atoms with van der Waals surface area (Å²) >= 11 is 0. The molecular weight excluding hydrogens is 202 g/mol. The Bertz CT molecular complexity index is 426. The number of carbonyl (C=O) groups excluding carboxylic acids is 1. The molecule has 0 aliphatic carbocycles. The first-order valence-corrected chi connectivity index (χ1v) is 5.31. The van der Waals surface area contributed by atoms with Gasteiger partial charge in [-0.2, -0.15) is 5.26 Å². The molecule has 2 N–H and O–H groups in total. The topological polar surface area (TPSA) is 64.9 Å². The van der Waals surface area contributed by atoms with Crippen molar-refractivity contribution < 1.29 is 4.79 Å². The first-order valence-electron chi connectivity index (χ1n) is 5.31. The standard InChI is InChI=1S/C12H13N3O/c13-7-9-2-1-3-10(6-9)15-11-4-5-12(16)14-8-11/h1-3,6,11,15H,4-5,8H2,(H,14,16). The summed E-state index contributed by atoms with van der Waals surface area (Å²) in [5.74, 6) is 0.115. The Morgan fingerprint density at radius 3 is 3.06 bits per heavy atom. The lowest BCUT2D eigenvalue weighted by Crippen LogP contribution is -2.41. The van der Waals surface area contributed by atoms with E-state index in [1.807, 2.05) is 18.2 Å². The molecular formula is C12H13N3O. The molecule has 82 valence electrons. The van der Waals surface area contributed by atoms with Gasteiger partial charge in [0, 0.05) is 24.7 Å². The molecule has 1 heterocycles. The molecule has 4 nitrogen and oxygen atoms in total. The molecule has 0 radical (unpaired) electrons. The van der Waals surface area contributed by atoms with Crippen LogP contribution in [-0.2, 0) is 4.79 Å². The van der Waals surface area contributed by atoms with Crippen LogP contribution < -0.4 is 10.6 Å². The van der Waals surface area contributed by atoms with Crippen LogP contribution in [0.5, 0.6) is 0 Å². The summed E-state index contributed by atoms with van der Waals surface area (Å²) < 4.78 is 0. The van der Waals surface area contributed by atoms with Gasteiger partial charge in [0.25, 0.3) is 0 Å². The normalized spacial score (nSPS) is 19.7. The number of amides is 1. The molecule has 2 rings (SSSR count). The molecule has 1 amide bonds. The second-order valence-corrected chi connectivity index (χ2v) is 3.88. The summed E-state index contributed by atoms with van der Waals surface area (Å²) in [6.45, 7) is 0.648. The van der Waals surface area contributed by atoms with E-state index in [1.54, 1.807) is 6.07 Å². The molecule has 1 saturated heterocycles. The Kier molecular flexibility index (Phi) is 3.06. The number of nitrogens with zero attached hydrogens (tertiary/aromatic N) is 1. The number of carbonyl (C=O) groups is 1. The smallest absolute Gasteiger partial charge is 0.220 e. The fraction of sp³-hybridized carbons (Fsp3) is 0.333. The number of anilines is 1. The van der Waals surface area contributed by atoms with E-state index < -0.39 is 0 Å². The largest absolute Gasteiger partial charge is 0.380 e. The zero-order valence-electron chi connectivity index (χ0n) is 8.86. The van der Waals surface area contributed by atoms with Crippen molar-refractivity contribution in [2.75, 3.05) is 11.9 Å². The highest BCUT2D eigenvalue weighted by Gasteiger charge is 2.17. The monoisotopic (exact) mass is 215 g/mol. The molecule has 0 bridgehead atoms. The van der Waals surface area contributed by atoms with Crippen molar-refractivity contribution in [3.8, 4) is 6.07 Å². The van der Waals surface area contributed by atoms with E-state index in [2.05, 4.69) is 16.7 Å². The highest BCUT2D eigenvalue weighted by Crippen LogP contribution is 2.14. The lowest BCUT2D eigenvalue weighted by molar-refractivity contribution is -0.122. The van der Waals surface area contributed by atoms with Gasteiger partial charge < -0.3 is 10.6 Å². The molecule has 1 aliphatic heterocycles. The van der Waals surface area contributed by atoms with E-state index in [1.165, 1.54) is 0 Å². The van der Waals surface area contributed by atoms with Gasteiger partial charge in [-0.1, -0.05) is 6.07 Å². The van der Waals surface area contributed by atoms with Crippen molar-refractivity contribution in [1.29, 1.82) is 5.26 Å². The number of rotatable bonds is 2. The Morgan fingerprint density at radius 1 is 1.50 bits per heavy atom. The summed E-state index contributed by atoms with van der Waals surface area (Å²) in [6, 6.07) is 9.72. The lowest BCUT2D eigenvalue weighted by atomic mass is 10.1. The minimum atomic E-state index is 0.115. The van der Waals surface area contributed by atoms with Crippen LogP contribution in [0.15, 0.2) is 24.3 Å². The van der Waals surface area contributed by atoms with Crippen molar-refractivity contribution in [1.82, 2.24) is 5.32 Å². The van der Waals surface area contributed by atoms with E-state index in [4.69, 9.17) is 5.26 Å². The number of piperidine rings is 1. The van der Waals surface area contributed by atoms with Crippen molar-refractivity contribution in [2.45, 2.75) is 18.9 Å². The number of nitriles is 1. The summed E-state index contributed by atoms with van der Waals surface area (Å²) in [7, 11) is 0. The van der Waals surface area contributed by atoms with Crippen molar-refractivity contribution in [3.63, 3.8) is 0 Å². The van der Waals surface area contributed by atoms with E-state index in [0.29, 0.717) is 18.5 Å². The third-order valence-electron chi connectivity index (χ3n) is 2.63. The van der Waals surface area contributed by atoms with E-state index in [0.717, 1.165) is 12.1 Å². The molecule has 1 aromatic rings. The second kappa shape index (κ2) is 4.67. The lowest BCUT2D eigenvalue weighted by Gasteiger charge is -2.24. The summed E-state index contributed by atoms with van der Waals surface area (Å²) in [5, 5.41) is 14.9. The maximum atomic E-state index is 11.0. The molecule has 1 unspecified atom stereocenters. The fourth-order valence-corrected chi connectivity index (χ4v) is 1.77. The van der Waals surface area contributed by atoms with Crippen molar-refractivity contribution >= 4 is 11.6 Å². The highest BCUT2D eigenvalue weighted by molar-refractivity contribution is 5.77. The zero-order valence-corrected chi connectivity index (χ0v) is 8.86. The van der Waals surface area contributed by atoms with Gasteiger partial charge in [-0.15, -0.1) is 0 Å². The highest BCUT2D eigenvalue weighted by atomic mass is 16.1. The Morgan fingerprint density at radius 2 is 2.38 bits per heavy atom. The number of hydrogen-bond acceptors (Lipinski definition) is 3. The molecule has 1 atom stereocenters. The van der Waals surface area contributed by atoms with Gasteiger partial charge in [-0.05, 0) is 24.6 Å². The van der Waals surface area contributed by atoms with Gasteiger partial charge in [0.05, 0.1) is 11.6 Å². The van der Waals surface area contributed by atoms with Gasteiger partial charge in [0.2, 0.25) is 5.91 Å². The summed E-state index contributed by atoms with van der Waals surface area (Å²) in [4.78, 5) is 11.0. The van der Waals surface area contributed by atoms with Crippen LogP contribution in [0.4, 0.5) is 5.69 Å². The van der Waals surface area contributed by atoms with Crippen molar-refractivity contribution in [2.24, 2.45) is 0 Å². The Hall–Kier alpha value is -2.02. The van der Waals surface area contributed by atoms with Crippen LogP contribution in [0.1, 0.15) is 18.4 Å². The SMILES string of the molecule is N#Cc1cccc(NC2CCC(=O)NC2)c1. The summed E-state index contributed by atoms with van der Waals surface area (Å²) in [6.07, 6.45) is 1.40. The van der Waals surface area contributed by atoms with Gasteiger partial charge in [0.15, 0.2) is 0 Å². The molecule has 0 spiro atoms. The predicted molar refractivity (Wildman–Crippen MR) is 60.8 cm³/mol. The molecule has 0 saturated carbocycles. The van der Waals surface area contributed by atoms with Crippen LogP contribution in [0.3, 0.4) is 0 Å². The molecule has 16 heavy (non-hydrogen) atoms. The fourth-order valence-electron chi connectivity index (χ4n) is 1.77. The predicted octanol–water partition coefficient (Wildman–Crippen LogP) is 1.25. The van der Waals surface area contributed by atoms with E-state index in [-0.39, 0.29) is 11.9 Å². The maximum absolute atomic E-state index is 11.0. The van der Waals surface area contributed by atoms with Crippen LogP contribution in [0, 0.1) is 11.3 Å². The van der Waals surface area contributed by atoms with Crippen LogP contribution >= 0.6 is 0 Å². The van der Waals surface area contributed by atoms with E-state index >= 15 is 0 Å². The number of benzene rings is 1. The molecule has 4 heteroatoms. The average molecular weight is 215 g/mol. The molecule has 1 aliphatic rings. The van der Waals surface area contributed by atoms with Crippen molar-refractivity contribution in [3.05, 3.63) is 29.8 Å². The first kappa shape index (κ1) is 10.5. The Balaban J connectivity index is 1.98. The average Bonchev–Trinajstić information content (AvgIpc) is 2.32. The number of nitrogens with one attached hydrogen (secondary N) is 2. The summed E-state index contributed by atoms with van der Waals surface area (Å²) in [5.41, 5.74) is 1.57. The first-order chi connectivity index (χ1) is 7.78. The quantitative estimate of drug-likeness (QED) is 0.780. The Labute approximate surface area is 94.3 Å². The van der Waals surface area contributed by atoms with Gasteiger partial charge in [-0.25, -0.2) is 0 Å². The van der Waals surface area contributed by atoms with Gasteiger partial charge in [0.1, 0.15) is 0 Å². The minimum Gasteiger partial charge on any atom is -0.380 e. The van der Waals surface area contributed by atoms with Gasteiger partial charge >= 0.3 is 0 Å². The molecule has 1 aromatic carbocycles. The van der Waals surface area contributed by atoms with Crippen LogP contribution in [0.25, 0.3) is 0 Å². The molecule has 0 aromatic heterocycles. The number of hydrogen-bond donors (Lipinski definition) is 2. The third kappa shape index (κ3) is 2.51. The second-order valence-electron chi connectivity index (χ2n) is 3.88. The van der Waals surface area contributed by atoms with Gasteiger partial charge in [-0.3, -0.25) is 4.79 Å². The van der Waals surface area contributed by atoms with Crippen LogP contribution in [0.2, 0.25) is 0 Å². The molecule has 1 fully saturated rings. The zero-order chi connectivity index (χ0) is 11.4.